The Hall–Kier alpha value is -1.46. The van der Waals surface area contributed by atoms with Crippen LogP contribution in [0, 0.1) is 0 Å². The monoisotopic (exact) mass is 322 g/mol. The number of ether oxygens (including phenoxy) is 3. The van der Waals surface area contributed by atoms with Crippen LogP contribution >= 0.6 is 0 Å². The summed E-state index contributed by atoms with van der Waals surface area (Å²) < 4.78 is 16.7. The zero-order valence-corrected chi connectivity index (χ0v) is 14.9. The van der Waals surface area contributed by atoms with Gasteiger partial charge in [-0.3, -0.25) is 4.90 Å². The number of rotatable bonds is 8. The molecule has 0 aromatic heterocycles. The van der Waals surface area contributed by atoms with Crippen LogP contribution in [-0.2, 0) is 0 Å². The van der Waals surface area contributed by atoms with Crippen LogP contribution in [0.3, 0.4) is 0 Å². The number of hydrogen-bond donors (Lipinski definition) is 1. The fourth-order valence-electron chi connectivity index (χ4n) is 3.31. The first-order chi connectivity index (χ1) is 11.3. The Kier molecular flexibility index (Phi) is 6.99. The topological polar surface area (TPSA) is 43.0 Å². The van der Waals surface area contributed by atoms with Gasteiger partial charge in [0.2, 0.25) is 5.75 Å². The van der Waals surface area contributed by atoms with Crippen LogP contribution in [0.15, 0.2) is 12.1 Å². The minimum absolute atomic E-state index is 0.354. The van der Waals surface area contributed by atoms with E-state index < -0.39 is 0 Å². The van der Waals surface area contributed by atoms with Crippen LogP contribution in [0.5, 0.6) is 17.2 Å². The van der Waals surface area contributed by atoms with Crippen molar-refractivity contribution in [2.24, 2.45) is 0 Å². The molecule has 2 rings (SSSR count). The van der Waals surface area contributed by atoms with Gasteiger partial charge in [-0.15, -0.1) is 0 Å². The van der Waals surface area contributed by atoms with Crippen molar-refractivity contribution < 1.29 is 14.2 Å². The molecule has 5 heteroatoms. The first-order valence-electron chi connectivity index (χ1n) is 8.50. The minimum Gasteiger partial charge on any atom is -0.493 e. The van der Waals surface area contributed by atoms with E-state index in [0.29, 0.717) is 17.5 Å². The van der Waals surface area contributed by atoms with Crippen LogP contribution in [0.25, 0.3) is 0 Å². The van der Waals surface area contributed by atoms with E-state index in [9.17, 15) is 0 Å². The fraction of sp³-hybridized carbons (Fsp3) is 0.667. The molecule has 5 nitrogen and oxygen atoms in total. The third-order valence-corrected chi connectivity index (χ3v) is 4.52. The number of unbranched alkanes of at least 4 members (excludes halogenated alkanes) is 1. The van der Waals surface area contributed by atoms with E-state index in [0.717, 1.165) is 38.3 Å². The highest BCUT2D eigenvalue weighted by atomic mass is 16.5. The summed E-state index contributed by atoms with van der Waals surface area (Å²) in [6.45, 7) is 6.44. The van der Waals surface area contributed by atoms with Crippen molar-refractivity contribution in [1.29, 1.82) is 0 Å². The Labute approximate surface area is 139 Å². The normalized spacial score (nSPS) is 16.9. The second kappa shape index (κ2) is 8.99. The standard InChI is InChI=1S/C18H30N2O3/c1-5-6-7-15(20-12-10-19-11-13-20)14-8-9-16(21-2)18(23-4)17(14)22-3/h8-9,15,19H,5-7,10-13H2,1-4H3/t15-/m1/s1. The Morgan fingerprint density at radius 1 is 1.04 bits per heavy atom. The molecule has 1 N–H and O–H groups in total. The van der Waals surface area contributed by atoms with Gasteiger partial charge >= 0.3 is 0 Å². The number of methoxy groups -OCH3 is 3. The molecule has 0 radical (unpaired) electrons. The molecule has 1 aromatic carbocycles. The van der Waals surface area contributed by atoms with Crippen molar-refractivity contribution in [3.05, 3.63) is 17.7 Å². The first kappa shape index (κ1) is 17.9. The van der Waals surface area contributed by atoms with E-state index in [-0.39, 0.29) is 0 Å². The molecule has 0 aliphatic carbocycles. The van der Waals surface area contributed by atoms with Gasteiger partial charge in [-0.2, -0.15) is 0 Å². The largest absolute Gasteiger partial charge is 0.493 e. The highest BCUT2D eigenvalue weighted by Crippen LogP contribution is 2.44. The molecular formula is C18H30N2O3. The highest BCUT2D eigenvalue weighted by molar-refractivity contribution is 5.56. The van der Waals surface area contributed by atoms with Gasteiger partial charge in [-0.1, -0.05) is 19.8 Å². The summed E-state index contributed by atoms with van der Waals surface area (Å²) in [6, 6.07) is 4.47. The molecule has 1 saturated heterocycles. The SMILES string of the molecule is CCCC[C@H](c1ccc(OC)c(OC)c1OC)N1CCNCC1. The second-order valence-electron chi connectivity index (χ2n) is 5.87. The maximum absolute atomic E-state index is 5.71. The Morgan fingerprint density at radius 2 is 1.74 bits per heavy atom. The van der Waals surface area contributed by atoms with Crippen LogP contribution in [0.2, 0.25) is 0 Å². The van der Waals surface area contributed by atoms with Gasteiger partial charge in [-0.25, -0.2) is 0 Å². The van der Waals surface area contributed by atoms with Crippen molar-refractivity contribution in [3.8, 4) is 17.2 Å². The second-order valence-corrected chi connectivity index (χ2v) is 5.87. The summed E-state index contributed by atoms with van der Waals surface area (Å²) in [5.41, 5.74) is 1.19. The lowest BCUT2D eigenvalue weighted by atomic mass is 9.97. The molecule has 1 aliphatic heterocycles. The van der Waals surface area contributed by atoms with Gasteiger partial charge in [-0.05, 0) is 18.6 Å². The number of nitrogens with zero attached hydrogens (tertiary/aromatic N) is 1. The van der Waals surface area contributed by atoms with Crippen LogP contribution in [0.4, 0.5) is 0 Å². The average Bonchev–Trinajstić information content (AvgIpc) is 2.62. The molecule has 130 valence electrons. The Balaban J connectivity index is 2.39. The van der Waals surface area contributed by atoms with Gasteiger partial charge in [0.25, 0.3) is 0 Å². The van der Waals surface area contributed by atoms with E-state index in [1.54, 1.807) is 21.3 Å². The molecule has 1 atom stereocenters. The maximum atomic E-state index is 5.71. The third-order valence-electron chi connectivity index (χ3n) is 4.52. The molecule has 1 aliphatic rings. The van der Waals surface area contributed by atoms with Crippen molar-refractivity contribution in [3.63, 3.8) is 0 Å². The van der Waals surface area contributed by atoms with Crippen molar-refractivity contribution in [1.82, 2.24) is 10.2 Å². The fourth-order valence-corrected chi connectivity index (χ4v) is 3.31. The average molecular weight is 322 g/mol. The summed E-state index contributed by atoms with van der Waals surface area (Å²) in [5.74, 6) is 2.19. The van der Waals surface area contributed by atoms with Gasteiger partial charge in [0.05, 0.1) is 21.3 Å². The van der Waals surface area contributed by atoms with Gasteiger partial charge in [0.1, 0.15) is 0 Å². The van der Waals surface area contributed by atoms with E-state index >= 15 is 0 Å². The molecule has 0 spiro atoms. The zero-order valence-electron chi connectivity index (χ0n) is 14.9. The summed E-state index contributed by atoms with van der Waals surface area (Å²) in [4.78, 5) is 2.55. The predicted octanol–water partition coefficient (Wildman–Crippen LogP) is 2.85. The molecule has 0 amide bonds. The first-order valence-corrected chi connectivity index (χ1v) is 8.50. The number of hydrogen-bond acceptors (Lipinski definition) is 5. The van der Waals surface area contributed by atoms with Crippen molar-refractivity contribution >= 4 is 0 Å². The third kappa shape index (κ3) is 4.09. The van der Waals surface area contributed by atoms with Gasteiger partial charge < -0.3 is 19.5 Å². The molecular weight excluding hydrogens is 292 g/mol. The molecule has 1 heterocycles. The lowest BCUT2D eigenvalue weighted by molar-refractivity contribution is 0.159. The Bertz CT molecular complexity index is 487. The molecule has 0 saturated carbocycles. The lowest BCUT2D eigenvalue weighted by Crippen LogP contribution is -2.45. The van der Waals surface area contributed by atoms with E-state index in [4.69, 9.17) is 14.2 Å². The molecule has 23 heavy (non-hydrogen) atoms. The van der Waals surface area contributed by atoms with E-state index in [1.807, 2.05) is 6.07 Å². The van der Waals surface area contributed by atoms with Crippen LogP contribution in [0.1, 0.15) is 37.8 Å². The van der Waals surface area contributed by atoms with Crippen molar-refractivity contribution in [2.45, 2.75) is 32.2 Å². The lowest BCUT2D eigenvalue weighted by Gasteiger charge is -2.36. The smallest absolute Gasteiger partial charge is 0.203 e. The molecule has 0 bridgehead atoms. The van der Waals surface area contributed by atoms with Crippen LogP contribution < -0.4 is 19.5 Å². The van der Waals surface area contributed by atoms with Gasteiger partial charge in [0, 0.05) is 37.8 Å². The van der Waals surface area contributed by atoms with E-state index in [2.05, 4.69) is 23.2 Å². The quantitative estimate of drug-likeness (QED) is 0.797. The summed E-state index contributed by atoms with van der Waals surface area (Å²) in [7, 11) is 5.02. The summed E-state index contributed by atoms with van der Waals surface area (Å²) in [5, 5.41) is 3.43. The van der Waals surface area contributed by atoms with E-state index in [1.165, 1.54) is 18.4 Å². The van der Waals surface area contributed by atoms with Crippen molar-refractivity contribution in [2.75, 3.05) is 47.5 Å². The summed E-state index contributed by atoms with van der Waals surface area (Å²) >= 11 is 0. The number of nitrogens with one attached hydrogen (secondary N) is 1. The minimum atomic E-state index is 0.354. The molecule has 0 unspecified atom stereocenters. The molecule has 1 fully saturated rings. The Morgan fingerprint density at radius 3 is 2.30 bits per heavy atom. The number of piperazine rings is 1. The number of benzene rings is 1. The van der Waals surface area contributed by atoms with Crippen LogP contribution in [-0.4, -0.2) is 52.4 Å². The maximum Gasteiger partial charge on any atom is 0.203 e. The zero-order chi connectivity index (χ0) is 16.7. The summed E-state index contributed by atoms with van der Waals surface area (Å²) in [6.07, 6.45) is 3.52. The molecule has 1 aromatic rings. The van der Waals surface area contributed by atoms with Gasteiger partial charge in [0.15, 0.2) is 11.5 Å². The highest BCUT2D eigenvalue weighted by Gasteiger charge is 2.27. The predicted molar refractivity (Wildman–Crippen MR) is 92.8 cm³/mol.